The summed E-state index contributed by atoms with van der Waals surface area (Å²) in [6.07, 6.45) is 0.967. The van der Waals surface area contributed by atoms with Gasteiger partial charge in [-0.3, -0.25) is 4.79 Å². The standard InChI is InChI=1S/C16H17NO2/c1-3-12-8-10-13(11-9-12)16(18)17-14-6-4-5-7-15(14)19-2/h4-11H,3H2,1-2H3,(H,17,18). The average molecular weight is 255 g/mol. The summed E-state index contributed by atoms with van der Waals surface area (Å²) < 4.78 is 5.20. The molecular formula is C16H17NO2. The lowest BCUT2D eigenvalue weighted by atomic mass is 10.1. The van der Waals surface area contributed by atoms with Crippen LogP contribution >= 0.6 is 0 Å². The van der Waals surface area contributed by atoms with Crippen LogP contribution in [0.3, 0.4) is 0 Å². The van der Waals surface area contributed by atoms with Crippen molar-refractivity contribution < 1.29 is 9.53 Å². The molecule has 2 rings (SSSR count). The maximum atomic E-state index is 12.1. The summed E-state index contributed by atoms with van der Waals surface area (Å²) in [6.45, 7) is 2.09. The van der Waals surface area contributed by atoms with Gasteiger partial charge in [-0.25, -0.2) is 0 Å². The topological polar surface area (TPSA) is 38.3 Å². The van der Waals surface area contributed by atoms with E-state index in [-0.39, 0.29) is 5.91 Å². The van der Waals surface area contributed by atoms with Gasteiger partial charge in [0.2, 0.25) is 0 Å². The Morgan fingerprint density at radius 2 is 1.79 bits per heavy atom. The molecule has 3 heteroatoms. The second-order valence-corrected chi connectivity index (χ2v) is 4.20. The lowest BCUT2D eigenvalue weighted by Crippen LogP contribution is -2.12. The summed E-state index contributed by atoms with van der Waals surface area (Å²) in [7, 11) is 1.58. The Balaban J connectivity index is 2.16. The highest BCUT2D eigenvalue weighted by molar-refractivity contribution is 6.05. The summed E-state index contributed by atoms with van der Waals surface area (Å²) in [4.78, 5) is 12.1. The third kappa shape index (κ3) is 3.13. The lowest BCUT2D eigenvalue weighted by molar-refractivity contribution is 0.102. The molecule has 0 heterocycles. The molecule has 0 spiro atoms. The van der Waals surface area contributed by atoms with Gasteiger partial charge >= 0.3 is 0 Å². The molecule has 1 N–H and O–H groups in total. The number of ether oxygens (including phenoxy) is 1. The van der Waals surface area contributed by atoms with Gasteiger partial charge in [0.05, 0.1) is 12.8 Å². The molecule has 0 fully saturated rings. The van der Waals surface area contributed by atoms with E-state index in [0.29, 0.717) is 17.0 Å². The molecule has 0 atom stereocenters. The third-order valence-electron chi connectivity index (χ3n) is 2.98. The zero-order chi connectivity index (χ0) is 13.7. The number of anilines is 1. The van der Waals surface area contributed by atoms with Crippen LogP contribution in [0.2, 0.25) is 0 Å². The largest absolute Gasteiger partial charge is 0.495 e. The van der Waals surface area contributed by atoms with Gasteiger partial charge in [-0.2, -0.15) is 0 Å². The number of amides is 1. The zero-order valence-corrected chi connectivity index (χ0v) is 11.1. The summed E-state index contributed by atoms with van der Waals surface area (Å²) in [5.74, 6) is 0.521. The smallest absolute Gasteiger partial charge is 0.255 e. The molecule has 98 valence electrons. The minimum absolute atomic E-state index is 0.132. The number of carbonyl (C=O) groups is 1. The van der Waals surface area contributed by atoms with Gasteiger partial charge in [0.25, 0.3) is 5.91 Å². The zero-order valence-electron chi connectivity index (χ0n) is 11.1. The molecule has 0 bridgehead atoms. The maximum Gasteiger partial charge on any atom is 0.255 e. The normalized spacial score (nSPS) is 10.0. The molecule has 0 radical (unpaired) electrons. The van der Waals surface area contributed by atoms with Crippen LogP contribution in [0.15, 0.2) is 48.5 Å². The van der Waals surface area contributed by atoms with Gasteiger partial charge in [0.1, 0.15) is 5.75 Å². The first-order valence-electron chi connectivity index (χ1n) is 6.28. The van der Waals surface area contributed by atoms with Crippen molar-refractivity contribution in [3.63, 3.8) is 0 Å². The molecule has 19 heavy (non-hydrogen) atoms. The Kier molecular flexibility index (Phi) is 4.18. The van der Waals surface area contributed by atoms with E-state index in [1.54, 1.807) is 7.11 Å². The number of hydrogen-bond donors (Lipinski definition) is 1. The molecule has 3 nitrogen and oxygen atoms in total. The minimum Gasteiger partial charge on any atom is -0.495 e. The van der Waals surface area contributed by atoms with E-state index in [9.17, 15) is 4.79 Å². The van der Waals surface area contributed by atoms with Crippen molar-refractivity contribution in [2.75, 3.05) is 12.4 Å². The van der Waals surface area contributed by atoms with Gasteiger partial charge < -0.3 is 10.1 Å². The van der Waals surface area contributed by atoms with Crippen LogP contribution in [-0.4, -0.2) is 13.0 Å². The van der Waals surface area contributed by atoms with Crippen LogP contribution in [0, 0.1) is 0 Å². The highest BCUT2D eigenvalue weighted by Gasteiger charge is 2.08. The van der Waals surface area contributed by atoms with Crippen LogP contribution in [0.4, 0.5) is 5.69 Å². The number of methoxy groups -OCH3 is 1. The Hall–Kier alpha value is -2.29. The van der Waals surface area contributed by atoms with E-state index in [1.165, 1.54) is 5.56 Å². The van der Waals surface area contributed by atoms with Crippen molar-refractivity contribution in [2.24, 2.45) is 0 Å². The number of rotatable bonds is 4. The second-order valence-electron chi connectivity index (χ2n) is 4.20. The van der Waals surface area contributed by atoms with E-state index in [2.05, 4.69) is 12.2 Å². The second kappa shape index (κ2) is 6.05. The highest BCUT2D eigenvalue weighted by atomic mass is 16.5. The summed E-state index contributed by atoms with van der Waals surface area (Å²) >= 11 is 0. The van der Waals surface area contributed by atoms with Crippen molar-refractivity contribution in [1.29, 1.82) is 0 Å². The first kappa shape index (κ1) is 13.1. The Labute approximate surface area is 113 Å². The van der Waals surface area contributed by atoms with Crippen molar-refractivity contribution in [3.8, 4) is 5.75 Å². The molecule has 0 aliphatic carbocycles. The Morgan fingerprint density at radius 1 is 1.11 bits per heavy atom. The molecular weight excluding hydrogens is 238 g/mol. The van der Waals surface area contributed by atoms with Crippen LogP contribution < -0.4 is 10.1 Å². The van der Waals surface area contributed by atoms with Gasteiger partial charge in [-0.15, -0.1) is 0 Å². The molecule has 2 aromatic rings. The van der Waals surface area contributed by atoms with Gasteiger partial charge in [-0.05, 0) is 36.2 Å². The fraction of sp³-hybridized carbons (Fsp3) is 0.188. The lowest BCUT2D eigenvalue weighted by Gasteiger charge is -2.10. The van der Waals surface area contributed by atoms with E-state index < -0.39 is 0 Å². The third-order valence-corrected chi connectivity index (χ3v) is 2.98. The maximum absolute atomic E-state index is 12.1. The number of para-hydroxylation sites is 2. The number of carbonyl (C=O) groups excluding carboxylic acids is 1. The molecule has 2 aromatic carbocycles. The van der Waals surface area contributed by atoms with Gasteiger partial charge in [-0.1, -0.05) is 31.2 Å². The van der Waals surface area contributed by atoms with E-state index in [1.807, 2.05) is 48.5 Å². The SMILES string of the molecule is CCc1ccc(C(=O)Nc2ccccc2OC)cc1. The Morgan fingerprint density at radius 3 is 2.42 bits per heavy atom. The van der Waals surface area contributed by atoms with E-state index >= 15 is 0 Å². The van der Waals surface area contributed by atoms with E-state index in [4.69, 9.17) is 4.74 Å². The van der Waals surface area contributed by atoms with Crippen molar-refractivity contribution >= 4 is 11.6 Å². The van der Waals surface area contributed by atoms with Crippen LogP contribution in [-0.2, 0) is 6.42 Å². The summed E-state index contributed by atoms with van der Waals surface area (Å²) in [6, 6.07) is 15.0. The fourth-order valence-corrected chi connectivity index (χ4v) is 1.83. The quantitative estimate of drug-likeness (QED) is 0.908. The minimum atomic E-state index is -0.132. The molecule has 0 aliphatic heterocycles. The number of hydrogen-bond acceptors (Lipinski definition) is 2. The van der Waals surface area contributed by atoms with Crippen molar-refractivity contribution in [1.82, 2.24) is 0 Å². The molecule has 0 saturated heterocycles. The van der Waals surface area contributed by atoms with Crippen molar-refractivity contribution in [3.05, 3.63) is 59.7 Å². The fourth-order valence-electron chi connectivity index (χ4n) is 1.83. The van der Waals surface area contributed by atoms with Crippen LogP contribution in [0.1, 0.15) is 22.8 Å². The highest BCUT2D eigenvalue weighted by Crippen LogP contribution is 2.23. The van der Waals surface area contributed by atoms with Gasteiger partial charge in [0, 0.05) is 5.56 Å². The van der Waals surface area contributed by atoms with Crippen molar-refractivity contribution in [2.45, 2.75) is 13.3 Å². The average Bonchev–Trinajstić information content (AvgIpc) is 2.48. The van der Waals surface area contributed by atoms with E-state index in [0.717, 1.165) is 6.42 Å². The summed E-state index contributed by atoms with van der Waals surface area (Å²) in [5.41, 5.74) is 2.53. The molecule has 0 saturated carbocycles. The summed E-state index contributed by atoms with van der Waals surface area (Å²) in [5, 5.41) is 2.85. The molecule has 0 unspecified atom stereocenters. The Bertz CT molecular complexity index is 561. The molecule has 1 amide bonds. The van der Waals surface area contributed by atoms with Crippen LogP contribution in [0.5, 0.6) is 5.75 Å². The van der Waals surface area contributed by atoms with Crippen LogP contribution in [0.25, 0.3) is 0 Å². The first-order chi connectivity index (χ1) is 9.24. The predicted octanol–water partition coefficient (Wildman–Crippen LogP) is 3.51. The number of benzene rings is 2. The molecule has 0 aliphatic rings. The van der Waals surface area contributed by atoms with Gasteiger partial charge in [0.15, 0.2) is 0 Å². The number of nitrogens with one attached hydrogen (secondary N) is 1. The predicted molar refractivity (Wildman–Crippen MR) is 76.8 cm³/mol. The number of aryl methyl sites for hydroxylation is 1. The monoisotopic (exact) mass is 255 g/mol. The molecule has 0 aromatic heterocycles. The first-order valence-corrected chi connectivity index (χ1v) is 6.28.